The van der Waals surface area contributed by atoms with Crippen molar-refractivity contribution in [2.75, 3.05) is 6.54 Å². The second-order valence-electron chi connectivity index (χ2n) is 9.02. The van der Waals surface area contributed by atoms with E-state index in [0.717, 1.165) is 22.5 Å². The van der Waals surface area contributed by atoms with Crippen LogP contribution in [0.5, 0.6) is 5.75 Å². The fraction of sp³-hybridized carbons (Fsp3) is 0.185. The van der Waals surface area contributed by atoms with Gasteiger partial charge in [-0.3, -0.25) is 9.59 Å². The summed E-state index contributed by atoms with van der Waals surface area (Å²) in [5.74, 6) is -1.96. The highest BCUT2D eigenvalue weighted by Gasteiger charge is 2.45. The largest absolute Gasteiger partial charge is 0.488 e. The number of ether oxygens (including phenoxy) is 1. The van der Waals surface area contributed by atoms with E-state index in [-0.39, 0.29) is 44.4 Å². The highest BCUT2D eigenvalue weighted by Crippen LogP contribution is 2.40. The average Bonchev–Trinajstić information content (AvgIpc) is 3.34. The van der Waals surface area contributed by atoms with Gasteiger partial charge in [-0.05, 0) is 42.5 Å². The third kappa shape index (κ3) is 5.17. The molecule has 4 aromatic rings. The molecular formula is C27H19ClF3NO7S. The zero-order chi connectivity index (χ0) is 28.8. The van der Waals surface area contributed by atoms with Gasteiger partial charge in [0.1, 0.15) is 23.7 Å². The van der Waals surface area contributed by atoms with E-state index in [1.807, 2.05) is 0 Å². The Labute approximate surface area is 230 Å². The summed E-state index contributed by atoms with van der Waals surface area (Å²) in [5, 5.41) is 10.0. The van der Waals surface area contributed by atoms with Crippen LogP contribution in [-0.4, -0.2) is 42.5 Å². The normalized spacial score (nSPS) is 18.2. The Bertz CT molecular complexity index is 1770. The number of aliphatic carboxylic acids is 1. The summed E-state index contributed by atoms with van der Waals surface area (Å²) in [6, 6.07) is 13.7. The molecular weight excluding hydrogens is 575 g/mol. The van der Waals surface area contributed by atoms with Gasteiger partial charge in [0.2, 0.25) is 10.0 Å². The Morgan fingerprint density at radius 1 is 1.05 bits per heavy atom. The summed E-state index contributed by atoms with van der Waals surface area (Å²) in [5.41, 5.74) is -1.60. The first-order chi connectivity index (χ1) is 18.9. The molecule has 0 amide bonds. The van der Waals surface area contributed by atoms with Crippen LogP contribution in [0.25, 0.3) is 22.3 Å². The number of benzene rings is 3. The summed E-state index contributed by atoms with van der Waals surface area (Å²) >= 11 is 6.18. The molecule has 1 aromatic heterocycles. The number of halogens is 4. The van der Waals surface area contributed by atoms with E-state index < -0.39 is 51.9 Å². The van der Waals surface area contributed by atoms with E-state index in [9.17, 15) is 36.3 Å². The van der Waals surface area contributed by atoms with Crippen molar-refractivity contribution in [2.24, 2.45) is 0 Å². The molecule has 0 aliphatic carbocycles. The number of carboxylic acid groups (broad SMARTS) is 1. The maximum Gasteiger partial charge on any atom is 0.416 e. The van der Waals surface area contributed by atoms with Crippen molar-refractivity contribution < 1.29 is 40.6 Å². The summed E-state index contributed by atoms with van der Waals surface area (Å²) in [6.07, 6.45) is -6.24. The second kappa shape index (κ2) is 10.3. The topological polar surface area (TPSA) is 114 Å². The lowest BCUT2D eigenvalue weighted by Crippen LogP contribution is -2.40. The first kappa shape index (κ1) is 27.7. The van der Waals surface area contributed by atoms with Crippen LogP contribution >= 0.6 is 11.6 Å². The molecule has 3 aromatic carbocycles. The number of para-hydroxylation sites is 1. The molecule has 1 aliphatic heterocycles. The van der Waals surface area contributed by atoms with Crippen LogP contribution in [0.3, 0.4) is 0 Å². The van der Waals surface area contributed by atoms with Crippen molar-refractivity contribution in [3.05, 3.63) is 93.6 Å². The summed E-state index contributed by atoms with van der Waals surface area (Å²) < 4.78 is 79.6. The zero-order valence-electron chi connectivity index (χ0n) is 20.3. The summed E-state index contributed by atoms with van der Waals surface area (Å²) in [4.78, 5) is 24.6. The van der Waals surface area contributed by atoms with Crippen molar-refractivity contribution >= 4 is 38.6 Å². The van der Waals surface area contributed by atoms with Crippen molar-refractivity contribution in [1.82, 2.24) is 4.31 Å². The minimum absolute atomic E-state index is 0.0180. The first-order valence-electron chi connectivity index (χ1n) is 11.8. The Kier molecular flexibility index (Phi) is 7.11. The molecule has 8 nitrogen and oxygen atoms in total. The fourth-order valence-corrected chi connectivity index (χ4v) is 6.39. The van der Waals surface area contributed by atoms with E-state index in [0.29, 0.717) is 6.07 Å². The predicted molar refractivity (Wildman–Crippen MR) is 139 cm³/mol. The van der Waals surface area contributed by atoms with Gasteiger partial charge in [0.25, 0.3) is 0 Å². The Morgan fingerprint density at radius 2 is 1.77 bits per heavy atom. The number of fused-ring (bicyclic) bond motifs is 1. The quantitative estimate of drug-likeness (QED) is 0.317. The molecule has 0 bridgehead atoms. The maximum atomic E-state index is 13.6. The van der Waals surface area contributed by atoms with Crippen LogP contribution in [0, 0.1) is 0 Å². The number of carbonyl (C=O) groups is 1. The molecule has 2 atom stereocenters. The molecule has 40 heavy (non-hydrogen) atoms. The Morgan fingerprint density at radius 3 is 2.45 bits per heavy atom. The number of sulfonamides is 1. The van der Waals surface area contributed by atoms with Gasteiger partial charge in [-0.15, -0.1) is 0 Å². The van der Waals surface area contributed by atoms with Gasteiger partial charge in [0.15, 0.2) is 11.0 Å². The zero-order valence-corrected chi connectivity index (χ0v) is 21.8. The van der Waals surface area contributed by atoms with Gasteiger partial charge >= 0.3 is 12.1 Å². The van der Waals surface area contributed by atoms with Gasteiger partial charge in [-0.2, -0.15) is 17.5 Å². The molecule has 1 saturated heterocycles. The van der Waals surface area contributed by atoms with E-state index in [1.165, 1.54) is 36.4 Å². The molecule has 5 rings (SSSR count). The lowest BCUT2D eigenvalue weighted by Gasteiger charge is -2.21. The summed E-state index contributed by atoms with van der Waals surface area (Å²) in [6.45, 7) is -0.447. The van der Waals surface area contributed by atoms with Gasteiger partial charge in [-0.1, -0.05) is 35.9 Å². The third-order valence-electron chi connectivity index (χ3n) is 6.43. The highest BCUT2D eigenvalue weighted by atomic mass is 35.5. The van der Waals surface area contributed by atoms with Gasteiger partial charge in [0.05, 0.1) is 33.0 Å². The van der Waals surface area contributed by atoms with Gasteiger partial charge in [-0.25, -0.2) is 8.42 Å². The number of hydrogen-bond acceptors (Lipinski definition) is 6. The predicted octanol–water partition coefficient (Wildman–Crippen LogP) is 5.43. The Balaban J connectivity index is 1.57. The SMILES string of the molecule is O=C(O)[C@H]1C[C@H](Oc2cc(C(F)(F)F)ccc2-c2cc(=O)c3cccc(Cl)c3o2)CN1S(=O)(=O)c1ccccc1. The molecule has 1 aliphatic rings. The molecule has 0 spiro atoms. The highest BCUT2D eigenvalue weighted by molar-refractivity contribution is 7.89. The van der Waals surface area contributed by atoms with Crippen molar-refractivity contribution in [1.29, 1.82) is 0 Å². The van der Waals surface area contributed by atoms with Crippen LogP contribution in [-0.2, 0) is 21.0 Å². The Hall–Kier alpha value is -3.87. The van der Waals surface area contributed by atoms with Crippen molar-refractivity contribution in [2.45, 2.75) is 29.6 Å². The first-order valence-corrected chi connectivity index (χ1v) is 13.6. The molecule has 0 radical (unpaired) electrons. The van der Waals surface area contributed by atoms with E-state index in [4.69, 9.17) is 20.8 Å². The number of carboxylic acids is 1. The lowest BCUT2D eigenvalue weighted by molar-refractivity contribution is -0.140. The monoisotopic (exact) mass is 593 g/mol. The second-order valence-corrected chi connectivity index (χ2v) is 11.3. The summed E-state index contributed by atoms with van der Waals surface area (Å²) in [7, 11) is -4.27. The van der Waals surface area contributed by atoms with Gasteiger partial charge < -0.3 is 14.3 Å². The molecule has 1 fully saturated rings. The third-order valence-corrected chi connectivity index (χ3v) is 8.61. The number of hydrogen-bond donors (Lipinski definition) is 1. The standard InChI is InChI=1S/C27H19ClF3NO7S/c28-20-8-4-7-18-22(33)13-24(39-25(18)20)19-10-9-15(27(29,30)31)11-23(19)38-16-12-21(26(34)35)32(14-16)40(36,37)17-5-2-1-3-6-17/h1-11,13,16,21H,12,14H2,(H,34,35)/t16-,21+/m0/s1. The van der Waals surface area contributed by atoms with E-state index >= 15 is 0 Å². The number of rotatable bonds is 6. The molecule has 0 unspecified atom stereocenters. The van der Waals surface area contributed by atoms with E-state index in [1.54, 1.807) is 12.1 Å². The smallest absolute Gasteiger partial charge is 0.416 e. The van der Waals surface area contributed by atoms with Crippen LogP contribution < -0.4 is 10.2 Å². The van der Waals surface area contributed by atoms with Crippen LogP contribution in [0.1, 0.15) is 12.0 Å². The van der Waals surface area contributed by atoms with E-state index in [2.05, 4.69) is 0 Å². The maximum absolute atomic E-state index is 13.6. The minimum atomic E-state index is -4.76. The molecule has 0 saturated carbocycles. The average molecular weight is 594 g/mol. The van der Waals surface area contributed by atoms with Crippen LogP contribution in [0.15, 0.2) is 86.9 Å². The van der Waals surface area contributed by atoms with Crippen molar-refractivity contribution in [3.8, 4) is 17.1 Å². The van der Waals surface area contributed by atoms with Crippen LogP contribution in [0.2, 0.25) is 5.02 Å². The molecule has 1 N–H and O–H groups in total. The molecule has 208 valence electrons. The molecule has 2 heterocycles. The fourth-order valence-electron chi connectivity index (χ4n) is 4.53. The molecule has 13 heteroatoms. The number of nitrogens with zero attached hydrogens (tertiary/aromatic N) is 1. The van der Waals surface area contributed by atoms with Gasteiger partial charge in [0, 0.05) is 12.5 Å². The van der Waals surface area contributed by atoms with Crippen molar-refractivity contribution in [3.63, 3.8) is 0 Å². The minimum Gasteiger partial charge on any atom is -0.488 e. The number of alkyl halides is 3. The lowest BCUT2D eigenvalue weighted by atomic mass is 10.1. The van der Waals surface area contributed by atoms with Crippen LogP contribution in [0.4, 0.5) is 13.2 Å².